The molecule has 0 aliphatic heterocycles. The van der Waals surface area contributed by atoms with Gasteiger partial charge >= 0.3 is 0 Å². The minimum Gasteiger partial charge on any atom is -0.324 e. The van der Waals surface area contributed by atoms with Gasteiger partial charge in [0, 0.05) is 25.9 Å². The molecule has 0 aliphatic carbocycles. The van der Waals surface area contributed by atoms with E-state index in [1.54, 1.807) is 0 Å². The van der Waals surface area contributed by atoms with Crippen molar-refractivity contribution in [3.63, 3.8) is 0 Å². The van der Waals surface area contributed by atoms with Gasteiger partial charge in [0.05, 0.1) is 73.9 Å². The molecule has 3 aromatic rings. The van der Waals surface area contributed by atoms with Gasteiger partial charge in [-0.2, -0.15) is 0 Å². The Morgan fingerprint density at radius 1 is 0.500 bits per heavy atom. The van der Waals surface area contributed by atoms with Gasteiger partial charge in [-0.25, -0.2) is 0 Å². The first kappa shape index (κ1) is 28.0. The van der Waals surface area contributed by atoms with Gasteiger partial charge in [0.1, 0.15) is 0 Å². The maximum atomic E-state index is 13.1. The molecular weight excluding hydrogens is 456 g/mol. The predicted molar refractivity (Wildman–Crippen MR) is 148 cm³/mol. The molecule has 198 valence electrons. The van der Waals surface area contributed by atoms with Crippen molar-refractivity contribution < 1.29 is 8.97 Å². The summed E-state index contributed by atoms with van der Waals surface area (Å²) >= 11 is 0. The third-order valence-electron chi connectivity index (χ3n) is 9.11. The van der Waals surface area contributed by atoms with Crippen LogP contribution in [0.3, 0.4) is 0 Å². The highest BCUT2D eigenvalue weighted by Gasteiger charge is 2.24. The lowest BCUT2D eigenvalue weighted by molar-refractivity contribution is -0.923. The first-order valence-corrected chi connectivity index (χ1v) is 13.8. The maximum absolute atomic E-state index is 13.1. The SMILES string of the molecule is CC[N+](CC)(CC)CCCn1c(=O)c2cc3c(=O)n(CCC[N+](CC)(CC)CC)c(=O)c3cc2c1=O. The summed E-state index contributed by atoms with van der Waals surface area (Å²) in [7, 11) is 0. The number of rotatable bonds is 14. The molecule has 0 radical (unpaired) electrons. The summed E-state index contributed by atoms with van der Waals surface area (Å²) < 4.78 is 4.45. The molecule has 8 nitrogen and oxygen atoms in total. The molecule has 2 heterocycles. The summed E-state index contributed by atoms with van der Waals surface area (Å²) in [5, 5.41) is 0.954. The Morgan fingerprint density at radius 3 is 0.972 bits per heavy atom. The van der Waals surface area contributed by atoms with Crippen molar-refractivity contribution in [1.82, 2.24) is 9.13 Å². The fourth-order valence-electron chi connectivity index (χ4n) is 5.90. The summed E-state index contributed by atoms with van der Waals surface area (Å²) in [4.78, 5) is 52.4. The van der Waals surface area contributed by atoms with E-state index in [1.807, 2.05) is 0 Å². The zero-order chi connectivity index (χ0) is 26.7. The maximum Gasteiger partial charge on any atom is 0.261 e. The van der Waals surface area contributed by atoms with Crippen molar-refractivity contribution in [3.8, 4) is 0 Å². The second-order valence-electron chi connectivity index (χ2n) is 10.2. The Labute approximate surface area is 213 Å². The van der Waals surface area contributed by atoms with Crippen LogP contribution in [0.1, 0.15) is 54.4 Å². The molecule has 0 unspecified atom stereocenters. The van der Waals surface area contributed by atoms with Crippen LogP contribution in [0.4, 0.5) is 0 Å². The van der Waals surface area contributed by atoms with Crippen LogP contribution in [0, 0.1) is 0 Å². The van der Waals surface area contributed by atoms with Gasteiger partial charge in [-0.3, -0.25) is 28.3 Å². The minimum absolute atomic E-state index is 0.239. The number of nitrogens with zero attached hydrogens (tertiary/aromatic N) is 4. The molecule has 0 amide bonds. The van der Waals surface area contributed by atoms with Crippen molar-refractivity contribution >= 4 is 21.5 Å². The van der Waals surface area contributed by atoms with E-state index in [1.165, 1.54) is 21.3 Å². The third kappa shape index (κ3) is 4.85. The Hall–Kier alpha value is -2.58. The quantitative estimate of drug-likeness (QED) is 0.319. The summed E-state index contributed by atoms with van der Waals surface area (Å²) in [6.07, 6.45) is 1.44. The average molecular weight is 501 g/mol. The molecule has 0 aliphatic rings. The molecule has 0 fully saturated rings. The lowest BCUT2D eigenvalue weighted by Gasteiger charge is -2.35. The highest BCUT2D eigenvalue weighted by atomic mass is 16.2. The molecule has 1 aromatic carbocycles. The monoisotopic (exact) mass is 500 g/mol. The molecule has 0 saturated carbocycles. The Bertz CT molecular complexity index is 1200. The largest absolute Gasteiger partial charge is 0.324 e. The van der Waals surface area contributed by atoms with E-state index in [-0.39, 0.29) is 43.8 Å². The average Bonchev–Trinajstić information content (AvgIpc) is 3.28. The van der Waals surface area contributed by atoms with Crippen molar-refractivity contribution in [3.05, 3.63) is 53.5 Å². The van der Waals surface area contributed by atoms with Gasteiger partial charge in [0.25, 0.3) is 22.2 Å². The Balaban J connectivity index is 1.91. The molecule has 36 heavy (non-hydrogen) atoms. The van der Waals surface area contributed by atoms with Crippen LogP contribution < -0.4 is 22.2 Å². The first-order chi connectivity index (χ1) is 17.2. The Kier molecular flexibility index (Phi) is 8.72. The van der Waals surface area contributed by atoms with E-state index in [0.717, 1.165) is 74.2 Å². The van der Waals surface area contributed by atoms with Crippen LogP contribution in [-0.2, 0) is 13.1 Å². The molecule has 0 saturated heterocycles. The second-order valence-corrected chi connectivity index (χ2v) is 10.2. The van der Waals surface area contributed by atoms with Crippen LogP contribution >= 0.6 is 0 Å². The van der Waals surface area contributed by atoms with Crippen LogP contribution in [0.25, 0.3) is 21.5 Å². The van der Waals surface area contributed by atoms with E-state index < -0.39 is 0 Å². The van der Waals surface area contributed by atoms with Crippen LogP contribution in [0.15, 0.2) is 31.3 Å². The molecule has 0 N–H and O–H groups in total. The third-order valence-corrected chi connectivity index (χ3v) is 9.11. The lowest BCUT2D eigenvalue weighted by Crippen LogP contribution is -2.48. The van der Waals surface area contributed by atoms with Crippen LogP contribution in [0.2, 0.25) is 0 Å². The van der Waals surface area contributed by atoms with Crippen LogP contribution in [0.5, 0.6) is 0 Å². The zero-order valence-corrected chi connectivity index (χ0v) is 23.1. The minimum atomic E-state index is -0.366. The number of fused-ring (bicyclic) bond motifs is 2. The molecule has 0 bridgehead atoms. The van der Waals surface area contributed by atoms with Gasteiger partial charge in [-0.1, -0.05) is 0 Å². The van der Waals surface area contributed by atoms with Crippen LogP contribution in [-0.4, -0.2) is 70.5 Å². The first-order valence-electron chi connectivity index (χ1n) is 13.8. The number of hydrogen-bond acceptors (Lipinski definition) is 4. The van der Waals surface area contributed by atoms with Crippen molar-refractivity contribution in [2.75, 3.05) is 52.4 Å². The van der Waals surface area contributed by atoms with Crippen molar-refractivity contribution in [1.29, 1.82) is 0 Å². The highest BCUT2D eigenvalue weighted by Crippen LogP contribution is 2.16. The Morgan fingerprint density at radius 2 is 0.750 bits per heavy atom. The topological polar surface area (TPSA) is 78.1 Å². The summed E-state index contributed by atoms with van der Waals surface area (Å²) in [5.41, 5.74) is -1.46. The molecule has 0 spiro atoms. The number of aromatic nitrogens is 2. The van der Waals surface area contributed by atoms with Gasteiger partial charge in [0.2, 0.25) is 0 Å². The standard InChI is InChI=1S/C28H44N4O4/c1-7-31(8-2,9-3)17-13-15-29-25(33)21-19-23-24(20-22(21)26(29)34)28(36)30(27(23)35)16-14-18-32(10-4,11-5)12-6/h19-20H,7-18H2,1-6H3/q+2. The predicted octanol–water partition coefficient (Wildman–Crippen LogP) is 2.45. The molecule has 0 atom stereocenters. The van der Waals surface area contributed by atoms with E-state index in [4.69, 9.17) is 0 Å². The lowest BCUT2D eigenvalue weighted by atomic mass is 10.1. The second kappa shape index (κ2) is 11.2. The van der Waals surface area contributed by atoms with Gasteiger partial charge < -0.3 is 8.97 Å². The number of hydrogen-bond donors (Lipinski definition) is 0. The molecule has 2 aromatic heterocycles. The van der Waals surface area contributed by atoms with E-state index in [9.17, 15) is 19.2 Å². The zero-order valence-electron chi connectivity index (χ0n) is 23.1. The summed E-state index contributed by atoms with van der Waals surface area (Å²) in [5.74, 6) is 0. The van der Waals surface area contributed by atoms with E-state index in [2.05, 4.69) is 41.5 Å². The molecule has 8 heteroatoms. The number of benzene rings is 1. The normalized spacial score (nSPS) is 12.8. The highest BCUT2D eigenvalue weighted by molar-refractivity contribution is 5.97. The summed E-state index contributed by atoms with van der Waals surface area (Å²) in [6.45, 7) is 21.6. The molecule has 3 rings (SSSR count). The van der Waals surface area contributed by atoms with Gasteiger partial charge in [0.15, 0.2) is 0 Å². The van der Waals surface area contributed by atoms with Crippen molar-refractivity contribution in [2.24, 2.45) is 0 Å². The van der Waals surface area contributed by atoms with Gasteiger partial charge in [-0.05, 0) is 53.7 Å². The molecular formula is C28H44N4O4+2. The fourth-order valence-corrected chi connectivity index (χ4v) is 5.90. The fraction of sp³-hybridized carbons (Fsp3) is 0.643. The van der Waals surface area contributed by atoms with E-state index >= 15 is 0 Å². The van der Waals surface area contributed by atoms with E-state index in [0.29, 0.717) is 13.1 Å². The number of quaternary nitrogens is 2. The van der Waals surface area contributed by atoms with Crippen molar-refractivity contribution in [2.45, 2.75) is 67.5 Å². The van der Waals surface area contributed by atoms with Gasteiger partial charge in [-0.15, -0.1) is 0 Å². The summed E-state index contributed by atoms with van der Waals surface area (Å²) in [6, 6.07) is 2.94. The smallest absolute Gasteiger partial charge is 0.261 e.